The zero-order valence-corrected chi connectivity index (χ0v) is 18.2. The zero-order chi connectivity index (χ0) is 21.3. The number of fused-ring (bicyclic) bond motifs is 1. The van der Waals surface area contributed by atoms with Crippen molar-refractivity contribution in [1.82, 2.24) is 4.98 Å². The Morgan fingerprint density at radius 2 is 1.93 bits per heavy atom. The van der Waals surface area contributed by atoms with Crippen LogP contribution in [0.15, 0.2) is 58.3 Å². The van der Waals surface area contributed by atoms with Gasteiger partial charge in [-0.05, 0) is 30.3 Å². The van der Waals surface area contributed by atoms with E-state index in [1.807, 2.05) is 36.4 Å². The zero-order valence-electron chi connectivity index (χ0n) is 17.4. The highest BCUT2D eigenvalue weighted by molar-refractivity contribution is 7.13. The lowest BCUT2D eigenvalue weighted by Gasteiger charge is -2.13. The summed E-state index contributed by atoms with van der Waals surface area (Å²) in [5.41, 5.74) is 3.11. The quantitative estimate of drug-likeness (QED) is 0.358. The first kappa shape index (κ1) is 20.2. The SMILES string of the molecule is COC(=O)c1ccccc1COc1ccc2oc(-c3nc(C(C)(C)C)cs3)cc2c1. The van der Waals surface area contributed by atoms with Crippen molar-refractivity contribution >= 4 is 28.3 Å². The average molecular weight is 422 g/mol. The van der Waals surface area contributed by atoms with Crippen LogP contribution in [0, 0.1) is 0 Å². The summed E-state index contributed by atoms with van der Waals surface area (Å²) in [7, 11) is 1.37. The number of rotatable bonds is 5. The second kappa shape index (κ2) is 7.95. The molecule has 0 saturated carbocycles. The van der Waals surface area contributed by atoms with Crippen molar-refractivity contribution in [3.8, 4) is 16.5 Å². The Labute approximate surface area is 179 Å². The minimum absolute atomic E-state index is 0.00225. The molecule has 0 saturated heterocycles. The predicted molar refractivity (Wildman–Crippen MR) is 118 cm³/mol. The van der Waals surface area contributed by atoms with Gasteiger partial charge in [0.05, 0.1) is 18.4 Å². The van der Waals surface area contributed by atoms with Gasteiger partial charge in [0.2, 0.25) is 0 Å². The van der Waals surface area contributed by atoms with Crippen molar-refractivity contribution in [3.63, 3.8) is 0 Å². The molecular formula is C24H23NO4S. The number of nitrogens with zero attached hydrogens (tertiary/aromatic N) is 1. The smallest absolute Gasteiger partial charge is 0.338 e. The highest BCUT2D eigenvalue weighted by atomic mass is 32.1. The second-order valence-corrected chi connectivity index (χ2v) is 8.89. The normalized spacial score (nSPS) is 11.6. The molecule has 4 aromatic rings. The summed E-state index contributed by atoms with van der Waals surface area (Å²) in [4.78, 5) is 16.7. The summed E-state index contributed by atoms with van der Waals surface area (Å²) in [6, 6.07) is 14.9. The summed E-state index contributed by atoms with van der Waals surface area (Å²) >= 11 is 1.58. The van der Waals surface area contributed by atoms with Crippen LogP contribution in [0.5, 0.6) is 5.75 Å². The Balaban J connectivity index is 1.55. The van der Waals surface area contributed by atoms with E-state index in [1.165, 1.54) is 7.11 Å². The van der Waals surface area contributed by atoms with E-state index in [1.54, 1.807) is 23.5 Å². The molecule has 0 aliphatic rings. The number of furan rings is 1. The van der Waals surface area contributed by atoms with Gasteiger partial charge in [-0.3, -0.25) is 0 Å². The predicted octanol–water partition coefficient (Wildman–Crippen LogP) is 6.22. The van der Waals surface area contributed by atoms with Gasteiger partial charge in [0, 0.05) is 21.7 Å². The van der Waals surface area contributed by atoms with E-state index in [0.29, 0.717) is 11.3 Å². The van der Waals surface area contributed by atoms with Crippen molar-refractivity contribution in [3.05, 3.63) is 70.7 Å². The number of esters is 1. The van der Waals surface area contributed by atoms with Gasteiger partial charge >= 0.3 is 5.97 Å². The van der Waals surface area contributed by atoms with Gasteiger partial charge in [0.15, 0.2) is 10.8 Å². The molecule has 4 rings (SSSR count). The molecule has 0 bridgehead atoms. The third kappa shape index (κ3) is 4.09. The summed E-state index contributed by atoms with van der Waals surface area (Å²) in [5, 5.41) is 3.89. The molecule has 30 heavy (non-hydrogen) atoms. The summed E-state index contributed by atoms with van der Waals surface area (Å²) < 4.78 is 16.8. The van der Waals surface area contributed by atoms with E-state index in [2.05, 4.69) is 26.2 Å². The molecule has 6 heteroatoms. The first-order chi connectivity index (χ1) is 14.3. The van der Waals surface area contributed by atoms with Gasteiger partial charge in [-0.15, -0.1) is 11.3 Å². The summed E-state index contributed by atoms with van der Waals surface area (Å²) in [6.45, 7) is 6.70. The lowest BCUT2D eigenvalue weighted by molar-refractivity contribution is 0.0597. The largest absolute Gasteiger partial charge is 0.489 e. The van der Waals surface area contributed by atoms with Gasteiger partial charge in [-0.1, -0.05) is 39.0 Å². The third-order valence-corrected chi connectivity index (χ3v) is 5.65. The van der Waals surface area contributed by atoms with E-state index >= 15 is 0 Å². The van der Waals surface area contributed by atoms with Crippen LogP contribution in [-0.4, -0.2) is 18.1 Å². The van der Waals surface area contributed by atoms with Gasteiger partial charge < -0.3 is 13.9 Å². The maximum Gasteiger partial charge on any atom is 0.338 e. The van der Waals surface area contributed by atoms with E-state index < -0.39 is 0 Å². The molecule has 0 atom stereocenters. The summed E-state index contributed by atoms with van der Waals surface area (Å²) in [5.74, 6) is 1.07. The Kier molecular flexibility index (Phi) is 5.35. The van der Waals surface area contributed by atoms with Crippen molar-refractivity contribution in [1.29, 1.82) is 0 Å². The number of hydrogen-bond donors (Lipinski definition) is 0. The molecule has 0 unspecified atom stereocenters. The van der Waals surface area contributed by atoms with Gasteiger partial charge in [0.1, 0.15) is 17.9 Å². The van der Waals surface area contributed by atoms with Gasteiger partial charge in [0.25, 0.3) is 0 Å². The standard InChI is InChI=1S/C24H23NO4S/c1-24(2,3)21-14-30-22(25-21)20-12-16-11-17(9-10-19(16)29-20)28-13-15-7-5-6-8-18(15)23(26)27-4/h5-12,14H,13H2,1-4H3. The molecule has 0 aliphatic carbocycles. The Morgan fingerprint density at radius 1 is 1.13 bits per heavy atom. The van der Waals surface area contributed by atoms with Crippen LogP contribution >= 0.6 is 11.3 Å². The molecule has 2 heterocycles. The Hall–Kier alpha value is -3.12. The number of benzene rings is 2. The van der Waals surface area contributed by atoms with E-state index in [-0.39, 0.29) is 18.0 Å². The number of ether oxygens (including phenoxy) is 2. The van der Waals surface area contributed by atoms with Crippen molar-refractivity contribution < 1.29 is 18.7 Å². The van der Waals surface area contributed by atoms with Gasteiger partial charge in [-0.2, -0.15) is 0 Å². The Bertz CT molecular complexity index is 1200. The first-order valence-corrected chi connectivity index (χ1v) is 10.5. The lowest BCUT2D eigenvalue weighted by Crippen LogP contribution is -2.11. The minimum Gasteiger partial charge on any atom is -0.489 e. The van der Waals surface area contributed by atoms with Crippen molar-refractivity contribution in [2.24, 2.45) is 0 Å². The molecule has 154 valence electrons. The molecule has 0 amide bonds. The second-order valence-electron chi connectivity index (χ2n) is 8.04. The topological polar surface area (TPSA) is 61.6 Å². The number of methoxy groups -OCH3 is 1. The molecule has 2 aromatic heterocycles. The molecular weight excluding hydrogens is 398 g/mol. The fourth-order valence-electron chi connectivity index (χ4n) is 3.06. The van der Waals surface area contributed by atoms with Crippen LogP contribution in [0.25, 0.3) is 21.7 Å². The van der Waals surface area contributed by atoms with Crippen LogP contribution in [-0.2, 0) is 16.8 Å². The maximum atomic E-state index is 11.9. The highest BCUT2D eigenvalue weighted by Gasteiger charge is 2.19. The van der Waals surface area contributed by atoms with E-state index in [9.17, 15) is 4.79 Å². The van der Waals surface area contributed by atoms with Crippen LogP contribution in [0.1, 0.15) is 42.4 Å². The molecule has 2 aromatic carbocycles. The fraction of sp³-hybridized carbons (Fsp3) is 0.250. The number of thiazole rings is 1. The number of hydrogen-bond acceptors (Lipinski definition) is 6. The van der Waals surface area contributed by atoms with Crippen LogP contribution in [0.4, 0.5) is 0 Å². The highest BCUT2D eigenvalue weighted by Crippen LogP contribution is 2.34. The molecule has 5 nitrogen and oxygen atoms in total. The molecule has 0 N–H and O–H groups in total. The van der Waals surface area contributed by atoms with E-state index in [0.717, 1.165) is 33.0 Å². The van der Waals surface area contributed by atoms with Crippen LogP contribution in [0.3, 0.4) is 0 Å². The molecule has 0 radical (unpaired) electrons. The minimum atomic E-state index is -0.373. The number of aromatic nitrogens is 1. The lowest BCUT2D eigenvalue weighted by atomic mass is 9.93. The summed E-state index contributed by atoms with van der Waals surface area (Å²) in [6.07, 6.45) is 0. The van der Waals surface area contributed by atoms with E-state index in [4.69, 9.17) is 18.9 Å². The Morgan fingerprint density at radius 3 is 2.67 bits per heavy atom. The first-order valence-electron chi connectivity index (χ1n) is 9.64. The molecule has 0 fully saturated rings. The van der Waals surface area contributed by atoms with Crippen LogP contribution in [0.2, 0.25) is 0 Å². The fourth-order valence-corrected chi connectivity index (χ4v) is 4.06. The molecule has 0 spiro atoms. The monoisotopic (exact) mass is 421 g/mol. The average Bonchev–Trinajstić information content (AvgIpc) is 3.38. The number of carbonyl (C=O) groups excluding carboxylic acids is 1. The van der Waals surface area contributed by atoms with Gasteiger partial charge in [-0.25, -0.2) is 9.78 Å². The number of carbonyl (C=O) groups is 1. The molecule has 0 aliphatic heterocycles. The third-order valence-electron chi connectivity index (χ3n) is 4.79. The van der Waals surface area contributed by atoms with Crippen molar-refractivity contribution in [2.75, 3.05) is 7.11 Å². The maximum absolute atomic E-state index is 11.9. The van der Waals surface area contributed by atoms with Crippen molar-refractivity contribution in [2.45, 2.75) is 32.8 Å². The van der Waals surface area contributed by atoms with Crippen LogP contribution < -0.4 is 4.74 Å².